The summed E-state index contributed by atoms with van der Waals surface area (Å²) in [4.78, 5) is 21.3. The SMILES string of the molecule is CN=C(NCCCN1CCCN(C)CC1)NCC1CC(=O)Nc2ccccc21. The zero-order valence-electron chi connectivity index (χ0n) is 17.2. The summed E-state index contributed by atoms with van der Waals surface area (Å²) in [6.45, 7) is 7.43. The molecule has 7 nitrogen and oxygen atoms in total. The van der Waals surface area contributed by atoms with Crippen molar-refractivity contribution in [3.05, 3.63) is 29.8 Å². The first-order valence-electron chi connectivity index (χ1n) is 10.4. The van der Waals surface area contributed by atoms with Crippen LogP contribution in [0.4, 0.5) is 5.69 Å². The Hall–Kier alpha value is -2.12. The van der Waals surface area contributed by atoms with Gasteiger partial charge in [0.15, 0.2) is 5.96 Å². The van der Waals surface area contributed by atoms with Crippen molar-refractivity contribution in [1.82, 2.24) is 20.4 Å². The van der Waals surface area contributed by atoms with Crippen LogP contribution in [0.1, 0.15) is 30.7 Å². The van der Waals surface area contributed by atoms with Gasteiger partial charge >= 0.3 is 0 Å². The zero-order valence-corrected chi connectivity index (χ0v) is 17.2. The largest absolute Gasteiger partial charge is 0.356 e. The van der Waals surface area contributed by atoms with Crippen LogP contribution in [-0.2, 0) is 4.79 Å². The summed E-state index contributed by atoms with van der Waals surface area (Å²) < 4.78 is 0. The number of anilines is 1. The van der Waals surface area contributed by atoms with E-state index in [0.29, 0.717) is 13.0 Å². The van der Waals surface area contributed by atoms with Crippen LogP contribution in [0.15, 0.2) is 29.3 Å². The fraction of sp³-hybridized carbons (Fsp3) is 0.619. The maximum Gasteiger partial charge on any atom is 0.225 e. The molecule has 28 heavy (non-hydrogen) atoms. The monoisotopic (exact) mass is 386 g/mol. The number of hydrogen-bond donors (Lipinski definition) is 3. The Morgan fingerprint density at radius 2 is 2.07 bits per heavy atom. The maximum absolute atomic E-state index is 12.0. The standard InChI is InChI=1S/C21H34N6O/c1-22-21(23-9-5-11-27-12-6-10-26(2)13-14-27)24-16-17-15-20(28)25-19-8-4-3-7-18(17)19/h3-4,7-8,17H,5-6,9-16H2,1-2H3,(H,25,28)(H2,22,23,24). The second-order valence-electron chi connectivity index (χ2n) is 7.77. The highest BCUT2D eigenvalue weighted by Crippen LogP contribution is 2.31. The van der Waals surface area contributed by atoms with E-state index in [1.165, 1.54) is 25.1 Å². The number of carbonyl (C=O) groups is 1. The second kappa shape index (κ2) is 10.4. The van der Waals surface area contributed by atoms with Gasteiger partial charge < -0.3 is 25.8 Å². The predicted molar refractivity (Wildman–Crippen MR) is 115 cm³/mol. The molecule has 0 aromatic heterocycles. The maximum atomic E-state index is 12.0. The molecule has 3 N–H and O–H groups in total. The van der Waals surface area contributed by atoms with Crippen molar-refractivity contribution >= 4 is 17.6 Å². The highest BCUT2D eigenvalue weighted by Gasteiger charge is 2.24. The van der Waals surface area contributed by atoms with Gasteiger partial charge in [-0.2, -0.15) is 0 Å². The highest BCUT2D eigenvalue weighted by atomic mass is 16.1. The Kier molecular flexibility index (Phi) is 7.68. The predicted octanol–water partition coefficient (Wildman–Crippen LogP) is 1.31. The molecule has 0 radical (unpaired) electrons. The summed E-state index contributed by atoms with van der Waals surface area (Å²) in [5.41, 5.74) is 2.12. The minimum absolute atomic E-state index is 0.0801. The van der Waals surface area contributed by atoms with E-state index in [4.69, 9.17) is 0 Å². The molecule has 1 saturated heterocycles. The molecule has 1 aromatic carbocycles. The van der Waals surface area contributed by atoms with Gasteiger partial charge in [0.25, 0.3) is 0 Å². The van der Waals surface area contributed by atoms with Gasteiger partial charge in [0.1, 0.15) is 0 Å². The summed E-state index contributed by atoms with van der Waals surface area (Å²) in [7, 11) is 4.00. The number of guanidine groups is 1. The fourth-order valence-electron chi connectivity index (χ4n) is 3.96. The lowest BCUT2D eigenvalue weighted by molar-refractivity contribution is -0.116. The van der Waals surface area contributed by atoms with E-state index in [0.717, 1.165) is 44.2 Å². The summed E-state index contributed by atoms with van der Waals surface area (Å²) in [6.07, 6.45) is 2.85. The van der Waals surface area contributed by atoms with Crippen molar-refractivity contribution in [2.45, 2.75) is 25.2 Å². The topological polar surface area (TPSA) is 72.0 Å². The van der Waals surface area contributed by atoms with E-state index in [1.54, 1.807) is 7.05 Å². The van der Waals surface area contributed by atoms with Gasteiger partial charge in [0.2, 0.25) is 5.91 Å². The molecule has 1 fully saturated rings. The fourth-order valence-corrected chi connectivity index (χ4v) is 3.96. The molecule has 2 heterocycles. The highest BCUT2D eigenvalue weighted by molar-refractivity contribution is 5.94. The zero-order chi connectivity index (χ0) is 19.8. The number of benzene rings is 1. The average molecular weight is 387 g/mol. The van der Waals surface area contributed by atoms with Gasteiger partial charge in [-0.1, -0.05) is 18.2 Å². The molecular formula is C21H34N6O. The molecule has 7 heteroatoms. The van der Waals surface area contributed by atoms with Gasteiger partial charge in [-0.05, 0) is 51.2 Å². The summed E-state index contributed by atoms with van der Waals surface area (Å²) in [6, 6.07) is 8.04. The number of fused-ring (bicyclic) bond motifs is 1. The molecule has 1 amide bonds. The number of para-hydroxylation sites is 1. The molecule has 0 saturated carbocycles. The molecule has 154 valence electrons. The Morgan fingerprint density at radius 1 is 1.21 bits per heavy atom. The van der Waals surface area contributed by atoms with Crippen molar-refractivity contribution in [2.24, 2.45) is 4.99 Å². The molecule has 1 aromatic rings. The first-order valence-corrected chi connectivity index (χ1v) is 10.4. The smallest absolute Gasteiger partial charge is 0.225 e. The van der Waals surface area contributed by atoms with E-state index < -0.39 is 0 Å². The third-order valence-electron chi connectivity index (χ3n) is 5.60. The number of nitrogens with zero attached hydrogens (tertiary/aromatic N) is 3. The molecular weight excluding hydrogens is 352 g/mol. The van der Waals surface area contributed by atoms with Crippen LogP contribution in [0.2, 0.25) is 0 Å². The van der Waals surface area contributed by atoms with Crippen LogP contribution in [0.3, 0.4) is 0 Å². The number of rotatable bonds is 6. The number of likely N-dealkylation sites (N-methyl/N-ethyl adjacent to an activating group) is 1. The van der Waals surface area contributed by atoms with Gasteiger partial charge in [-0.25, -0.2) is 0 Å². The Bertz CT molecular complexity index is 677. The van der Waals surface area contributed by atoms with Crippen LogP contribution >= 0.6 is 0 Å². The minimum atomic E-state index is 0.0801. The van der Waals surface area contributed by atoms with Crippen molar-refractivity contribution < 1.29 is 4.79 Å². The lowest BCUT2D eigenvalue weighted by Crippen LogP contribution is -2.41. The third-order valence-corrected chi connectivity index (χ3v) is 5.60. The van der Waals surface area contributed by atoms with Crippen LogP contribution in [0, 0.1) is 0 Å². The Balaban J connectivity index is 1.40. The number of hydrogen-bond acceptors (Lipinski definition) is 4. The van der Waals surface area contributed by atoms with Crippen molar-refractivity contribution in [1.29, 1.82) is 0 Å². The molecule has 3 rings (SSSR count). The van der Waals surface area contributed by atoms with Gasteiger partial charge in [0, 0.05) is 51.3 Å². The molecule has 1 unspecified atom stereocenters. The lowest BCUT2D eigenvalue weighted by atomic mass is 9.90. The van der Waals surface area contributed by atoms with Gasteiger partial charge in [-0.3, -0.25) is 9.79 Å². The number of carbonyl (C=O) groups excluding carboxylic acids is 1. The molecule has 0 aliphatic carbocycles. The van der Waals surface area contributed by atoms with Gasteiger partial charge in [0.05, 0.1) is 0 Å². The Labute approximate surface area is 168 Å². The second-order valence-corrected chi connectivity index (χ2v) is 7.77. The molecule has 1 atom stereocenters. The van der Waals surface area contributed by atoms with E-state index in [2.05, 4.69) is 43.9 Å². The molecule has 0 bridgehead atoms. The van der Waals surface area contributed by atoms with Crippen LogP contribution in [0.25, 0.3) is 0 Å². The average Bonchev–Trinajstić information content (AvgIpc) is 2.91. The third kappa shape index (κ3) is 5.94. The quantitative estimate of drug-likeness (QED) is 0.391. The van der Waals surface area contributed by atoms with E-state index >= 15 is 0 Å². The van der Waals surface area contributed by atoms with E-state index in [1.807, 2.05) is 18.2 Å². The van der Waals surface area contributed by atoms with Crippen molar-refractivity contribution in [3.8, 4) is 0 Å². The number of amides is 1. The van der Waals surface area contributed by atoms with E-state index in [9.17, 15) is 4.79 Å². The molecule has 0 spiro atoms. The molecule has 2 aliphatic heterocycles. The van der Waals surface area contributed by atoms with Crippen LogP contribution < -0.4 is 16.0 Å². The lowest BCUT2D eigenvalue weighted by Gasteiger charge is -2.26. The summed E-state index contributed by atoms with van der Waals surface area (Å²) in [5, 5.41) is 9.75. The van der Waals surface area contributed by atoms with Crippen molar-refractivity contribution in [3.63, 3.8) is 0 Å². The Morgan fingerprint density at radius 3 is 2.93 bits per heavy atom. The van der Waals surface area contributed by atoms with E-state index in [-0.39, 0.29) is 11.8 Å². The minimum Gasteiger partial charge on any atom is -0.356 e. The number of nitrogens with one attached hydrogen (secondary N) is 3. The number of aliphatic imine (C=N–C) groups is 1. The van der Waals surface area contributed by atoms with Crippen LogP contribution in [-0.4, -0.2) is 81.6 Å². The molecule has 2 aliphatic rings. The summed E-state index contributed by atoms with van der Waals surface area (Å²) in [5.74, 6) is 1.05. The van der Waals surface area contributed by atoms with Gasteiger partial charge in [-0.15, -0.1) is 0 Å². The van der Waals surface area contributed by atoms with Crippen LogP contribution in [0.5, 0.6) is 0 Å². The normalized spacial score (nSPS) is 21.6. The summed E-state index contributed by atoms with van der Waals surface area (Å²) >= 11 is 0. The van der Waals surface area contributed by atoms with Crippen molar-refractivity contribution in [2.75, 3.05) is 65.2 Å². The first kappa shape index (κ1) is 20.6. The first-order chi connectivity index (χ1) is 13.7.